The van der Waals surface area contributed by atoms with Gasteiger partial charge in [-0.3, -0.25) is 0 Å². The summed E-state index contributed by atoms with van der Waals surface area (Å²) in [6, 6.07) is 8.29. The Hall–Kier alpha value is -1.84. The average molecular weight is 270 g/mol. The fraction of sp³-hybridized carbons (Fsp3) is 0.500. The van der Waals surface area contributed by atoms with Crippen LogP contribution in [-0.2, 0) is 0 Å². The van der Waals surface area contributed by atoms with E-state index in [1.54, 1.807) is 0 Å². The molecule has 0 aliphatic carbocycles. The average Bonchev–Trinajstić information content (AvgIpc) is 2.95. The molecule has 0 radical (unpaired) electrons. The minimum absolute atomic E-state index is 0.737. The number of hydrogen-bond donors (Lipinski definition) is 1. The van der Waals surface area contributed by atoms with Crippen LogP contribution in [0.5, 0.6) is 0 Å². The Balaban J connectivity index is 2.03. The summed E-state index contributed by atoms with van der Waals surface area (Å²) >= 11 is 0. The summed E-state index contributed by atoms with van der Waals surface area (Å²) < 4.78 is 0. The Kier molecular flexibility index (Phi) is 3.72. The van der Waals surface area contributed by atoms with E-state index in [4.69, 9.17) is 4.98 Å². The summed E-state index contributed by atoms with van der Waals surface area (Å²) in [5.74, 6) is 2.62. The minimum atomic E-state index is 0.737. The molecule has 1 aliphatic rings. The molecule has 3 rings (SSSR count). The summed E-state index contributed by atoms with van der Waals surface area (Å²) in [4.78, 5) is 11.7. The van der Waals surface area contributed by atoms with Crippen LogP contribution in [0.15, 0.2) is 24.3 Å². The van der Waals surface area contributed by atoms with Crippen molar-refractivity contribution in [2.75, 3.05) is 29.9 Å². The van der Waals surface area contributed by atoms with Crippen molar-refractivity contribution in [2.24, 2.45) is 5.92 Å². The lowest BCUT2D eigenvalue weighted by Crippen LogP contribution is -2.22. The summed E-state index contributed by atoms with van der Waals surface area (Å²) in [7, 11) is 0. The van der Waals surface area contributed by atoms with E-state index in [0.717, 1.165) is 48.2 Å². The van der Waals surface area contributed by atoms with Crippen molar-refractivity contribution < 1.29 is 0 Å². The first-order valence-electron chi connectivity index (χ1n) is 7.57. The third kappa shape index (κ3) is 2.42. The van der Waals surface area contributed by atoms with E-state index in [9.17, 15) is 0 Å². The number of para-hydroxylation sites is 1. The Morgan fingerprint density at radius 2 is 2.10 bits per heavy atom. The van der Waals surface area contributed by atoms with E-state index in [1.807, 2.05) is 6.07 Å². The largest absolute Gasteiger partial charge is 0.356 e. The second-order valence-electron chi connectivity index (χ2n) is 5.43. The second kappa shape index (κ2) is 5.65. The van der Waals surface area contributed by atoms with Crippen molar-refractivity contribution in [2.45, 2.75) is 26.7 Å². The maximum Gasteiger partial charge on any atom is 0.225 e. The molecule has 4 nitrogen and oxygen atoms in total. The van der Waals surface area contributed by atoms with Crippen LogP contribution in [-0.4, -0.2) is 29.6 Å². The molecule has 1 unspecified atom stereocenters. The SMILES string of the molecule is CCNc1nc(N2CCC(CC)C2)c2ccccc2n1. The number of aromatic nitrogens is 2. The summed E-state index contributed by atoms with van der Waals surface area (Å²) in [5.41, 5.74) is 1.02. The van der Waals surface area contributed by atoms with E-state index in [-0.39, 0.29) is 0 Å². The van der Waals surface area contributed by atoms with Gasteiger partial charge in [-0.1, -0.05) is 25.5 Å². The Morgan fingerprint density at radius 3 is 2.85 bits per heavy atom. The van der Waals surface area contributed by atoms with Gasteiger partial charge in [0.05, 0.1) is 5.52 Å². The van der Waals surface area contributed by atoms with Gasteiger partial charge < -0.3 is 10.2 Å². The molecule has 20 heavy (non-hydrogen) atoms. The Labute approximate surface area is 120 Å². The predicted molar refractivity (Wildman–Crippen MR) is 84.3 cm³/mol. The van der Waals surface area contributed by atoms with E-state index in [2.05, 4.69) is 47.2 Å². The molecule has 0 saturated carbocycles. The second-order valence-corrected chi connectivity index (χ2v) is 5.43. The molecule has 1 atom stereocenters. The number of fused-ring (bicyclic) bond motifs is 1. The van der Waals surface area contributed by atoms with Crippen molar-refractivity contribution in [1.82, 2.24) is 9.97 Å². The van der Waals surface area contributed by atoms with Crippen molar-refractivity contribution in [3.63, 3.8) is 0 Å². The molecular formula is C16H22N4. The third-order valence-electron chi connectivity index (χ3n) is 4.08. The van der Waals surface area contributed by atoms with Crippen molar-refractivity contribution in [1.29, 1.82) is 0 Å². The minimum Gasteiger partial charge on any atom is -0.356 e. The Bertz CT molecular complexity index is 596. The lowest BCUT2D eigenvalue weighted by Gasteiger charge is -2.20. The van der Waals surface area contributed by atoms with Crippen LogP contribution in [0, 0.1) is 5.92 Å². The molecular weight excluding hydrogens is 248 g/mol. The summed E-state index contributed by atoms with van der Waals surface area (Å²) in [6.45, 7) is 7.40. The van der Waals surface area contributed by atoms with Gasteiger partial charge in [-0.15, -0.1) is 0 Å². The van der Waals surface area contributed by atoms with Crippen LogP contribution < -0.4 is 10.2 Å². The van der Waals surface area contributed by atoms with E-state index >= 15 is 0 Å². The zero-order chi connectivity index (χ0) is 13.9. The predicted octanol–water partition coefficient (Wildman–Crippen LogP) is 3.30. The normalized spacial score (nSPS) is 18.7. The lowest BCUT2D eigenvalue weighted by molar-refractivity contribution is 0.569. The summed E-state index contributed by atoms with van der Waals surface area (Å²) in [5, 5.41) is 4.40. The molecule has 0 bridgehead atoms. The van der Waals surface area contributed by atoms with Gasteiger partial charge in [0.1, 0.15) is 5.82 Å². The molecule has 1 saturated heterocycles. The number of rotatable bonds is 4. The molecule has 106 valence electrons. The van der Waals surface area contributed by atoms with Gasteiger partial charge in [-0.05, 0) is 31.4 Å². The molecule has 1 fully saturated rings. The highest BCUT2D eigenvalue weighted by Crippen LogP contribution is 2.30. The van der Waals surface area contributed by atoms with Gasteiger partial charge in [0, 0.05) is 25.0 Å². The van der Waals surface area contributed by atoms with Crippen molar-refractivity contribution in [3.05, 3.63) is 24.3 Å². The fourth-order valence-electron chi connectivity index (χ4n) is 2.90. The van der Waals surface area contributed by atoms with Crippen molar-refractivity contribution >= 4 is 22.7 Å². The number of benzene rings is 1. The highest BCUT2D eigenvalue weighted by molar-refractivity contribution is 5.90. The molecule has 4 heteroatoms. The zero-order valence-electron chi connectivity index (χ0n) is 12.3. The highest BCUT2D eigenvalue weighted by Gasteiger charge is 2.24. The summed E-state index contributed by atoms with van der Waals surface area (Å²) in [6.07, 6.45) is 2.52. The van der Waals surface area contributed by atoms with E-state index in [0.29, 0.717) is 0 Å². The van der Waals surface area contributed by atoms with Gasteiger partial charge in [-0.25, -0.2) is 4.98 Å². The van der Waals surface area contributed by atoms with Gasteiger partial charge >= 0.3 is 0 Å². The first kappa shape index (κ1) is 13.2. The highest BCUT2D eigenvalue weighted by atomic mass is 15.2. The number of hydrogen-bond acceptors (Lipinski definition) is 4. The standard InChI is InChI=1S/C16H22N4/c1-3-12-9-10-20(11-12)15-13-7-5-6-8-14(13)18-16(19-15)17-4-2/h5-8,12H,3-4,9-11H2,1-2H3,(H,17,18,19). The Morgan fingerprint density at radius 1 is 1.25 bits per heavy atom. The number of anilines is 2. The van der Waals surface area contributed by atoms with E-state index < -0.39 is 0 Å². The molecule has 2 aromatic rings. The molecule has 1 aromatic carbocycles. The molecule has 0 amide bonds. The van der Waals surface area contributed by atoms with Crippen LogP contribution >= 0.6 is 0 Å². The van der Waals surface area contributed by atoms with Crippen LogP contribution in [0.1, 0.15) is 26.7 Å². The van der Waals surface area contributed by atoms with E-state index in [1.165, 1.54) is 12.8 Å². The molecule has 1 aliphatic heterocycles. The third-order valence-corrected chi connectivity index (χ3v) is 4.08. The van der Waals surface area contributed by atoms with Crippen molar-refractivity contribution in [3.8, 4) is 0 Å². The van der Waals surface area contributed by atoms with Gasteiger partial charge in [0.25, 0.3) is 0 Å². The van der Waals surface area contributed by atoms with Crippen LogP contribution in [0.25, 0.3) is 10.9 Å². The maximum absolute atomic E-state index is 4.75. The van der Waals surface area contributed by atoms with Crippen LogP contribution in [0.2, 0.25) is 0 Å². The van der Waals surface area contributed by atoms with Gasteiger partial charge in [0.2, 0.25) is 5.95 Å². The van der Waals surface area contributed by atoms with Gasteiger partial charge in [-0.2, -0.15) is 4.98 Å². The first-order valence-corrected chi connectivity index (χ1v) is 7.57. The maximum atomic E-state index is 4.75. The van der Waals surface area contributed by atoms with Gasteiger partial charge in [0.15, 0.2) is 0 Å². The smallest absolute Gasteiger partial charge is 0.225 e. The quantitative estimate of drug-likeness (QED) is 0.925. The molecule has 1 N–H and O–H groups in total. The fourth-order valence-corrected chi connectivity index (χ4v) is 2.90. The molecule has 1 aromatic heterocycles. The molecule has 0 spiro atoms. The lowest BCUT2D eigenvalue weighted by atomic mass is 10.1. The topological polar surface area (TPSA) is 41.1 Å². The van der Waals surface area contributed by atoms with Crippen LogP contribution in [0.3, 0.4) is 0 Å². The monoisotopic (exact) mass is 270 g/mol. The van der Waals surface area contributed by atoms with Crippen LogP contribution in [0.4, 0.5) is 11.8 Å². The number of nitrogens with zero attached hydrogens (tertiary/aromatic N) is 3. The number of nitrogens with one attached hydrogen (secondary N) is 1. The zero-order valence-corrected chi connectivity index (χ0v) is 12.3. The molecule has 2 heterocycles. The first-order chi connectivity index (χ1) is 9.81.